The molecule has 5 heteroatoms. The van der Waals surface area contributed by atoms with Crippen LogP contribution in [0, 0.1) is 0 Å². The van der Waals surface area contributed by atoms with Gasteiger partial charge in [-0.15, -0.1) is 0 Å². The van der Waals surface area contributed by atoms with E-state index in [0.29, 0.717) is 6.42 Å². The first-order valence-corrected chi connectivity index (χ1v) is 10.2. The number of halogens is 1. The van der Waals surface area contributed by atoms with Crippen LogP contribution in [0.4, 0.5) is 11.4 Å². The quantitative estimate of drug-likeness (QED) is 0.785. The molecule has 1 saturated heterocycles. The van der Waals surface area contributed by atoms with Gasteiger partial charge in [0.2, 0.25) is 5.91 Å². The number of amides is 1. The number of carbonyl (C=O) groups is 1. The summed E-state index contributed by atoms with van der Waals surface area (Å²) in [6.07, 6.45) is 2.52. The third-order valence-corrected chi connectivity index (χ3v) is 5.83. The van der Waals surface area contributed by atoms with Gasteiger partial charge in [0.25, 0.3) is 0 Å². The van der Waals surface area contributed by atoms with Gasteiger partial charge in [-0.3, -0.25) is 9.69 Å². The molecule has 27 heavy (non-hydrogen) atoms. The van der Waals surface area contributed by atoms with Gasteiger partial charge in [-0.1, -0.05) is 35.9 Å². The largest absolute Gasteiger partial charge is 0.369 e. The molecule has 4 nitrogen and oxygen atoms in total. The molecule has 2 aromatic rings. The zero-order valence-electron chi connectivity index (χ0n) is 15.6. The zero-order chi connectivity index (χ0) is 18.6. The van der Waals surface area contributed by atoms with Crippen LogP contribution in [-0.2, 0) is 11.2 Å². The summed E-state index contributed by atoms with van der Waals surface area (Å²) < 4.78 is 0. The molecule has 1 fully saturated rings. The van der Waals surface area contributed by atoms with Crippen molar-refractivity contribution in [3.8, 4) is 0 Å². The molecule has 1 amide bonds. The highest BCUT2D eigenvalue weighted by molar-refractivity contribution is 6.30. The molecule has 0 N–H and O–H groups in total. The highest BCUT2D eigenvalue weighted by Gasteiger charge is 2.24. The van der Waals surface area contributed by atoms with Crippen molar-refractivity contribution in [1.82, 2.24) is 4.90 Å². The molecule has 142 valence electrons. The first-order valence-electron chi connectivity index (χ1n) is 9.82. The van der Waals surface area contributed by atoms with Gasteiger partial charge in [-0.05, 0) is 49.2 Å². The van der Waals surface area contributed by atoms with Crippen molar-refractivity contribution in [2.24, 2.45) is 0 Å². The van der Waals surface area contributed by atoms with Crippen molar-refractivity contribution in [3.63, 3.8) is 0 Å². The van der Waals surface area contributed by atoms with Crippen LogP contribution in [0.2, 0.25) is 5.02 Å². The van der Waals surface area contributed by atoms with Gasteiger partial charge in [-0.2, -0.15) is 0 Å². The number of rotatable bonds is 5. The van der Waals surface area contributed by atoms with Gasteiger partial charge in [0.05, 0.1) is 0 Å². The number of hydrogen-bond donors (Lipinski definition) is 0. The summed E-state index contributed by atoms with van der Waals surface area (Å²) in [4.78, 5) is 19.2. The average molecular weight is 384 g/mol. The summed E-state index contributed by atoms with van der Waals surface area (Å²) in [6.45, 7) is 5.99. The van der Waals surface area contributed by atoms with E-state index in [2.05, 4.69) is 34.1 Å². The maximum absolute atomic E-state index is 12.4. The fourth-order valence-corrected chi connectivity index (χ4v) is 4.28. The molecule has 0 atom stereocenters. The molecule has 0 unspecified atom stereocenters. The summed E-state index contributed by atoms with van der Waals surface area (Å²) in [7, 11) is 0. The molecule has 0 radical (unpaired) electrons. The van der Waals surface area contributed by atoms with E-state index in [1.165, 1.54) is 11.3 Å². The normalized spacial score (nSPS) is 17.9. The molecule has 2 heterocycles. The minimum Gasteiger partial charge on any atom is -0.369 e. The second-order valence-corrected chi connectivity index (χ2v) is 7.77. The van der Waals surface area contributed by atoms with E-state index < -0.39 is 0 Å². The van der Waals surface area contributed by atoms with E-state index >= 15 is 0 Å². The average Bonchev–Trinajstić information content (AvgIpc) is 2.70. The predicted octanol–water partition coefficient (Wildman–Crippen LogP) is 3.83. The number of para-hydroxylation sites is 1. The molecule has 0 spiro atoms. The maximum atomic E-state index is 12.4. The zero-order valence-corrected chi connectivity index (χ0v) is 16.4. The number of carbonyl (C=O) groups excluding carboxylic acids is 1. The van der Waals surface area contributed by atoms with Gasteiger partial charge in [0, 0.05) is 55.5 Å². The molecule has 2 aromatic carbocycles. The fraction of sp³-hybridized carbons (Fsp3) is 0.409. The minimum atomic E-state index is 0.263. The lowest BCUT2D eigenvalue weighted by molar-refractivity contribution is -0.118. The third kappa shape index (κ3) is 4.28. The molecular weight excluding hydrogens is 358 g/mol. The maximum Gasteiger partial charge on any atom is 0.227 e. The highest BCUT2D eigenvalue weighted by Crippen LogP contribution is 2.27. The molecule has 0 aromatic heterocycles. The van der Waals surface area contributed by atoms with Crippen molar-refractivity contribution in [1.29, 1.82) is 0 Å². The van der Waals surface area contributed by atoms with Gasteiger partial charge >= 0.3 is 0 Å². The topological polar surface area (TPSA) is 26.8 Å². The first kappa shape index (κ1) is 18.3. The van der Waals surface area contributed by atoms with Crippen molar-refractivity contribution >= 4 is 28.9 Å². The SMILES string of the molecule is O=C1CCc2ccccc2N1CCCN1CCN(c2cccc(Cl)c2)CC1. The van der Waals surface area contributed by atoms with Crippen LogP contribution >= 0.6 is 11.6 Å². The highest BCUT2D eigenvalue weighted by atomic mass is 35.5. The van der Waals surface area contributed by atoms with Gasteiger partial charge in [0.1, 0.15) is 0 Å². The summed E-state index contributed by atoms with van der Waals surface area (Å²) in [5.41, 5.74) is 3.62. The second-order valence-electron chi connectivity index (χ2n) is 7.34. The van der Waals surface area contributed by atoms with Gasteiger partial charge < -0.3 is 9.80 Å². The smallest absolute Gasteiger partial charge is 0.227 e. The number of benzene rings is 2. The molecule has 2 aliphatic rings. The van der Waals surface area contributed by atoms with Crippen LogP contribution in [0.1, 0.15) is 18.4 Å². The van der Waals surface area contributed by atoms with E-state index in [1.54, 1.807) is 0 Å². The van der Waals surface area contributed by atoms with Crippen LogP contribution in [0.15, 0.2) is 48.5 Å². The van der Waals surface area contributed by atoms with Crippen LogP contribution < -0.4 is 9.80 Å². The van der Waals surface area contributed by atoms with Crippen molar-refractivity contribution in [2.75, 3.05) is 49.1 Å². The third-order valence-electron chi connectivity index (χ3n) is 5.59. The monoisotopic (exact) mass is 383 g/mol. The standard InChI is InChI=1S/C22H26ClN3O/c23-19-6-3-7-20(17-19)25-15-13-24(14-16-25)11-4-12-26-21-8-2-1-5-18(21)9-10-22(26)27/h1-3,5-8,17H,4,9-16H2. The van der Waals surface area contributed by atoms with Crippen LogP contribution in [0.25, 0.3) is 0 Å². The number of fused-ring (bicyclic) bond motifs is 1. The number of hydrogen-bond acceptors (Lipinski definition) is 3. The van der Waals surface area contributed by atoms with E-state index in [9.17, 15) is 4.79 Å². The Kier molecular flexibility index (Phi) is 5.65. The van der Waals surface area contributed by atoms with Crippen molar-refractivity contribution in [2.45, 2.75) is 19.3 Å². The Labute approximate surface area is 166 Å². The predicted molar refractivity (Wildman–Crippen MR) is 112 cm³/mol. The Morgan fingerprint density at radius 1 is 0.889 bits per heavy atom. The Morgan fingerprint density at radius 3 is 2.52 bits per heavy atom. The van der Waals surface area contributed by atoms with Crippen molar-refractivity contribution < 1.29 is 4.79 Å². The molecule has 2 aliphatic heterocycles. The lowest BCUT2D eigenvalue weighted by atomic mass is 10.0. The van der Waals surface area contributed by atoms with Crippen LogP contribution in [0.3, 0.4) is 0 Å². The summed E-state index contributed by atoms with van der Waals surface area (Å²) in [5.74, 6) is 0.263. The van der Waals surface area contributed by atoms with Crippen LogP contribution in [-0.4, -0.2) is 50.1 Å². The second kappa shape index (κ2) is 8.32. The van der Waals surface area contributed by atoms with Crippen LogP contribution in [0.5, 0.6) is 0 Å². The lowest BCUT2D eigenvalue weighted by Gasteiger charge is -2.36. The van der Waals surface area contributed by atoms with E-state index in [-0.39, 0.29) is 5.91 Å². The van der Waals surface area contributed by atoms with Gasteiger partial charge in [0.15, 0.2) is 0 Å². The number of piperazine rings is 1. The molecule has 0 saturated carbocycles. The van der Waals surface area contributed by atoms with E-state index in [4.69, 9.17) is 11.6 Å². The minimum absolute atomic E-state index is 0.263. The van der Waals surface area contributed by atoms with Gasteiger partial charge in [-0.25, -0.2) is 0 Å². The van der Waals surface area contributed by atoms with E-state index in [1.807, 2.05) is 29.2 Å². The summed E-state index contributed by atoms with van der Waals surface area (Å²) >= 11 is 6.11. The van der Waals surface area contributed by atoms with Crippen molar-refractivity contribution in [3.05, 3.63) is 59.1 Å². The van der Waals surface area contributed by atoms with E-state index in [0.717, 1.165) is 62.8 Å². The number of aryl methyl sites for hydroxylation is 1. The number of nitrogens with zero attached hydrogens (tertiary/aromatic N) is 3. The summed E-state index contributed by atoms with van der Waals surface area (Å²) in [6, 6.07) is 16.4. The number of anilines is 2. The summed E-state index contributed by atoms with van der Waals surface area (Å²) in [5, 5.41) is 0.793. The molecule has 4 rings (SSSR count). The Bertz CT molecular complexity index is 802. The molecular formula is C22H26ClN3O. The lowest BCUT2D eigenvalue weighted by Crippen LogP contribution is -2.47. The Balaban J connectivity index is 1.27. The molecule has 0 bridgehead atoms. The molecule has 0 aliphatic carbocycles. The Morgan fingerprint density at radius 2 is 1.70 bits per heavy atom. The Hall–Kier alpha value is -2.04. The first-order chi connectivity index (χ1) is 13.2. The fourth-order valence-electron chi connectivity index (χ4n) is 4.10.